The first-order chi connectivity index (χ1) is 9.76. The highest BCUT2D eigenvalue weighted by molar-refractivity contribution is 5.80. The first-order valence-electron chi connectivity index (χ1n) is 6.95. The molecule has 20 heavy (non-hydrogen) atoms. The minimum Gasteiger partial charge on any atom is -0.494 e. The molecule has 0 unspecified atom stereocenters. The van der Waals surface area contributed by atoms with Gasteiger partial charge in [0.15, 0.2) is 0 Å². The lowest BCUT2D eigenvalue weighted by Crippen LogP contribution is -2.18. The third-order valence-electron chi connectivity index (χ3n) is 2.54. The quantitative estimate of drug-likeness (QED) is 0.451. The van der Waals surface area contributed by atoms with Gasteiger partial charge in [0.1, 0.15) is 5.75 Å². The van der Waals surface area contributed by atoms with E-state index in [1.54, 1.807) is 13.1 Å². The van der Waals surface area contributed by atoms with E-state index in [1.807, 2.05) is 24.3 Å². The van der Waals surface area contributed by atoms with Gasteiger partial charge in [-0.2, -0.15) is 5.10 Å². The lowest BCUT2D eigenvalue weighted by molar-refractivity contribution is 0.152. The predicted octanol–water partition coefficient (Wildman–Crippen LogP) is 3.34. The van der Waals surface area contributed by atoms with Gasteiger partial charge in [-0.1, -0.05) is 19.8 Å². The second kappa shape index (κ2) is 9.83. The lowest BCUT2D eigenvalue weighted by Gasteiger charge is -2.05. The molecule has 5 nitrogen and oxygen atoms in total. The van der Waals surface area contributed by atoms with Gasteiger partial charge in [-0.05, 0) is 43.2 Å². The Labute approximate surface area is 120 Å². The Morgan fingerprint density at radius 2 is 2.00 bits per heavy atom. The molecule has 0 aliphatic rings. The highest BCUT2D eigenvalue weighted by Crippen LogP contribution is 2.11. The lowest BCUT2D eigenvalue weighted by atomic mass is 10.2. The third kappa shape index (κ3) is 6.78. The van der Waals surface area contributed by atoms with Crippen molar-refractivity contribution in [2.45, 2.75) is 33.1 Å². The fourth-order valence-corrected chi connectivity index (χ4v) is 1.52. The molecule has 0 radical (unpaired) electrons. The predicted molar refractivity (Wildman–Crippen MR) is 79.2 cm³/mol. The zero-order chi connectivity index (χ0) is 14.6. The first kappa shape index (κ1) is 16.0. The maximum atomic E-state index is 11.0. The number of rotatable bonds is 8. The summed E-state index contributed by atoms with van der Waals surface area (Å²) in [6.45, 7) is 4.97. The molecule has 110 valence electrons. The van der Waals surface area contributed by atoms with E-state index in [1.165, 1.54) is 12.8 Å². The summed E-state index contributed by atoms with van der Waals surface area (Å²) in [5, 5.41) is 3.79. The van der Waals surface area contributed by atoms with E-state index in [2.05, 4.69) is 22.2 Å². The van der Waals surface area contributed by atoms with Crippen LogP contribution in [0.4, 0.5) is 4.79 Å². The third-order valence-corrected chi connectivity index (χ3v) is 2.54. The molecule has 1 N–H and O–H groups in total. The van der Waals surface area contributed by atoms with E-state index < -0.39 is 6.09 Å². The molecule has 0 bridgehead atoms. The maximum Gasteiger partial charge on any atom is 0.427 e. The normalized spacial score (nSPS) is 10.5. The Bertz CT molecular complexity index is 416. The molecule has 1 amide bonds. The molecule has 0 atom stereocenters. The van der Waals surface area contributed by atoms with Crippen LogP contribution in [0, 0.1) is 0 Å². The second-order valence-corrected chi connectivity index (χ2v) is 4.22. The summed E-state index contributed by atoms with van der Waals surface area (Å²) in [7, 11) is 0. The molecular weight excluding hydrogens is 256 g/mol. The SMILES string of the molecule is CCCCCOc1ccc(C=NNC(=O)OCC)cc1. The van der Waals surface area contributed by atoms with Crippen molar-refractivity contribution in [1.29, 1.82) is 0 Å². The number of carbonyl (C=O) groups excluding carboxylic acids is 1. The fourth-order valence-electron chi connectivity index (χ4n) is 1.52. The monoisotopic (exact) mass is 278 g/mol. The molecule has 1 rings (SSSR count). The molecule has 0 saturated carbocycles. The number of benzene rings is 1. The van der Waals surface area contributed by atoms with Gasteiger partial charge < -0.3 is 9.47 Å². The highest BCUT2D eigenvalue weighted by atomic mass is 16.5. The minimum absolute atomic E-state index is 0.325. The molecule has 0 heterocycles. The number of hydrogen-bond acceptors (Lipinski definition) is 4. The van der Waals surface area contributed by atoms with Crippen molar-refractivity contribution in [3.05, 3.63) is 29.8 Å². The van der Waals surface area contributed by atoms with Crippen LogP contribution in [0.3, 0.4) is 0 Å². The van der Waals surface area contributed by atoms with E-state index in [9.17, 15) is 4.79 Å². The summed E-state index contributed by atoms with van der Waals surface area (Å²) in [4.78, 5) is 11.0. The summed E-state index contributed by atoms with van der Waals surface area (Å²) in [5.41, 5.74) is 3.15. The molecule has 0 saturated heterocycles. The van der Waals surface area contributed by atoms with Crippen molar-refractivity contribution >= 4 is 12.3 Å². The van der Waals surface area contributed by atoms with Crippen LogP contribution in [0.2, 0.25) is 0 Å². The van der Waals surface area contributed by atoms with Crippen LogP contribution < -0.4 is 10.2 Å². The van der Waals surface area contributed by atoms with Crippen LogP contribution in [-0.2, 0) is 4.74 Å². The number of unbranched alkanes of at least 4 members (excludes halogenated alkanes) is 2. The Balaban J connectivity index is 2.34. The average Bonchev–Trinajstić information content (AvgIpc) is 2.45. The number of carbonyl (C=O) groups is 1. The van der Waals surface area contributed by atoms with Gasteiger partial charge >= 0.3 is 6.09 Å². The maximum absolute atomic E-state index is 11.0. The van der Waals surface area contributed by atoms with E-state index >= 15 is 0 Å². The second-order valence-electron chi connectivity index (χ2n) is 4.22. The largest absolute Gasteiger partial charge is 0.494 e. The summed E-state index contributed by atoms with van der Waals surface area (Å²) < 4.78 is 10.3. The Morgan fingerprint density at radius 3 is 2.65 bits per heavy atom. The minimum atomic E-state index is -0.556. The molecule has 0 aromatic heterocycles. The van der Waals surface area contributed by atoms with E-state index in [4.69, 9.17) is 4.74 Å². The average molecular weight is 278 g/mol. The molecule has 1 aromatic carbocycles. The van der Waals surface area contributed by atoms with Gasteiger partial charge in [0.05, 0.1) is 19.4 Å². The number of nitrogens with one attached hydrogen (secondary N) is 1. The number of hydrogen-bond donors (Lipinski definition) is 1. The van der Waals surface area contributed by atoms with Crippen molar-refractivity contribution < 1.29 is 14.3 Å². The van der Waals surface area contributed by atoms with Gasteiger partial charge in [-0.25, -0.2) is 10.2 Å². The van der Waals surface area contributed by atoms with Gasteiger partial charge in [0.25, 0.3) is 0 Å². The van der Waals surface area contributed by atoms with Gasteiger partial charge in [0.2, 0.25) is 0 Å². The van der Waals surface area contributed by atoms with Crippen LogP contribution in [0.1, 0.15) is 38.7 Å². The zero-order valence-electron chi connectivity index (χ0n) is 12.1. The van der Waals surface area contributed by atoms with Crippen LogP contribution in [0.15, 0.2) is 29.4 Å². The summed E-state index contributed by atoms with van der Waals surface area (Å²) >= 11 is 0. The van der Waals surface area contributed by atoms with Crippen molar-refractivity contribution in [2.24, 2.45) is 5.10 Å². The van der Waals surface area contributed by atoms with Gasteiger partial charge in [0, 0.05) is 0 Å². The number of nitrogens with zero attached hydrogens (tertiary/aromatic N) is 1. The van der Waals surface area contributed by atoms with Crippen molar-refractivity contribution in [2.75, 3.05) is 13.2 Å². The van der Waals surface area contributed by atoms with Crippen LogP contribution in [0.25, 0.3) is 0 Å². The Kier molecular flexibility index (Phi) is 7.87. The van der Waals surface area contributed by atoms with Gasteiger partial charge in [-0.3, -0.25) is 0 Å². The number of hydrazone groups is 1. The summed E-state index contributed by atoms with van der Waals surface area (Å²) in [6.07, 6.45) is 4.44. The summed E-state index contributed by atoms with van der Waals surface area (Å²) in [5.74, 6) is 0.844. The smallest absolute Gasteiger partial charge is 0.427 e. The Hall–Kier alpha value is -2.04. The van der Waals surface area contributed by atoms with Crippen LogP contribution >= 0.6 is 0 Å². The first-order valence-corrected chi connectivity index (χ1v) is 6.95. The molecule has 0 fully saturated rings. The summed E-state index contributed by atoms with van der Waals surface area (Å²) in [6, 6.07) is 7.53. The molecule has 0 aliphatic heterocycles. The van der Waals surface area contributed by atoms with Gasteiger partial charge in [-0.15, -0.1) is 0 Å². The number of ether oxygens (including phenoxy) is 2. The van der Waals surface area contributed by atoms with Crippen LogP contribution in [0.5, 0.6) is 5.75 Å². The molecule has 0 spiro atoms. The van der Waals surface area contributed by atoms with Crippen molar-refractivity contribution in [1.82, 2.24) is 5.43 Å². The number of amides is 1. The zero-order valence-corrected chi connectivity index (χ0v) is 12.1. The van der Waals surface area contributed by atoms with Crippen molar-refractivity contribution in [3.8, 4) is 5.75 Å². The fraction of sp³-hybridized carbons (Fsp3) is 0.467. The van der Waals surface area contributed by atoms with E-state index in [0.717, 1.165) is 24.3 Å². The topological polar surface area (TPSA) is 59.9 Å². The van der Waals surface area contributed by atoms with Crippen molar-refractivity contribution in [3.63, 3.8) is 0 Å². The molecule has 0 aliphatic carbocycles. The highest BCUT2D eigenvalue weighted by Gasteiger charge is 1.96. The Morgan fingerprint density at radius 1 is 1.25 bits per heavy atom. The van der Waals surface area contributed by atoms with E-state index in [-0.39, 0.29) is 0 Å². The molecule has 1 aromatic rings. The van der Waals surface area contributed by atoms with Crippen LogP contribution in [-0.4, -0.2) is 25.5 Å². The molecule has 5 heteroatoms. The molecular formula is C15H22N2O3. The standard InChI is InChI=1S/C15H22N2O3/c1-3-5-6-11-20-14-9-7-13(8-10-14)12-16-17-15(18)19-4-2/h7-10,12H,3-6,11H2,1-2H3,(H,17,18). The van der Waals surface area contributed by atoms with E-state index in [0.29, 0.717) is 6.61 Å².